The topological polar surface area (TPSA) is 92.7 Å². The van der Waals surface area contributed by atoms with Gasteiger partial charge in [0.25, 0.3) is 12.3 Å². The van der Waals surface area contributed by atoms with Crippen LogP contribution in [0.5, 0.6) is 5.75 Å². The van der Waals surface area contributed by atoms with E-state index >= 15 is 0 Å². The van der Waals surface area contributed by atoms with Gasteiger partial charge in [0.05, 0.1) is 13.3 Å². The molecule has 8 nitrogen and oxygen atoms in total. The molecule has 2 aliphatic rings. The molecule has 0 unspecified atom stereocenters. The summed E-state index contributed by atoms with van der Waals surface area (Å²) in [7, 11) is 2.96. The van der Waals surface area contributed by atoms with Crippen LogP contribution in [0, 0.1) is 0 Å². The average molecular weight is 416 g/mol. The molecule has 1 saturated heterocycles. The van der Waals surface area contributed by atoms with Crippen LogP contribution in [0.3, 0.4) is 0 Å². The molecule has 3 heterocycles. The fourth-order valence-electron chi connectivity index (χ4n) is 3.68. The molecule has 2 aromatic heterocycles. The molecule has 10 heteroatoms. The van der Waals surface area contributed by atoms with Crippen LogP contribution in [0.4, 0.5) is 14.6 Å². The van der Waals surface area contributed by atoms with Crippen molar-refractivity contribution >= 4 is 23.9 Å². The quantitative estimate of drug-likeness (QED) is 0.694. The van der Waals surface area contributed by atoms with Crippen molar-refractivity contribution in [3.05, 3.63) is 35.8 Å². The molecular formula is C20H18F2N4O4. The predicted molar refractivity (Wildman–Crippen MR) is 101 cm³/mol. The van der Waals surface area contributed by atoms with E-state index in [-0.39, 0.29) is 46.6 Å². The van der Waals surface area contributed by atoms with Crippen LogP contribution >= 0.6 is 0 Å². The summed E-state index contributed by atoms with van der Waals surface area (Å²) in [4.78, 5) is 47.6. The highest BCUT2D eigenvalue weighted by Crippen LogP contribution is 2.45. The number of aldehydes is 1. The summed E-state index contributed by atoms with van der Waals surface area (Å²) in [5, 5.41) is 0. The third kappa shape index (κ3) is 2.99. The highest BCUT2D eigenvalue weighted by Gasteiger charge is 2.60. The van der Waals surface area contributed by atoms with Crippen LogP contribution in [0.1, 0.15) is 35.3 Å². The number of methoxy groups -OCH3 is 1. The highest BCUT2D eigenvalue weighted by atomic mass is 19.3. The maximum absolute atomic E-state index is 13.2. The van der Waals surface area contributed by atoms with Gasteiger partial charge in [0.15, 0.2) is 6.29 Å². The van der Waals surface area contributed by atoms with Crippen LogP contribution in [-0.4, -0.2) is 59.2 Å². The first-order valence-corrected chi connectivity index (χ1v) is 9.18. The van der Waals surface area contributed by atoms with Crippen molar-refractivity contribution < 1.29 is 27.9 Å². The standard InChI is InChI=1S/C20H18F2N4O4/c1-25-17(28)9-26(19(29)20(25)3-4-20)16-6-12(11(10-27)7-24-16)13-5-14(18(21)22)23-8-15(13)30-2/h5-8,10,18H,3-4,9H2,1-2H3. The van der Waals surface area contributed by atoms with E-state index in [2.05, 4.69) is 9.97 Å². The number of rotatable bonds is 5. The first-order valence-electron chi connectivity index (χ1n) is 9.18. The first-order chi connectivity index (χ1) is 14.3. The number of carbonyl (C=O) groups is 3. The summed E-state index contributed by atoms with van der Waals surface area (Å²) >= 11 is 0. The molecule has 4 rings (SSSR count). The third-order valence-electron chi connectivity index (χ3n) is 5.62. The van der Waals surface area contributed by atoms with Crippen molar-refractivity contribution in [1.29, 1.82) is 0 Å². The fourth-order valence-corrected chi connectivity index (χ4v) is 3.68. The van der Waals surface area contributed by atoms with Gasteiger partial charge in [0.1, 0.15) is 29.3 Å². The highest BCUT2D eigenvalue weighted by molar-refractivity contribution is 6.10. The normalized spacial score (nSPS) is 17.6. The fraction of sp³-hybridized carbons (Fsp3) is 0.350. The van der Waals surface area contributed by atoms with Crippen LogP contribution in [0.2, 0.25) is 0 Å². The number of pyridine rings is 2. The number of anilines is 1. The number of likely N-dealkylation sites (N-methyl/N-ethyl adjacent to an activating group) is 1. The number of nitrogens with zero attached hydrogens (tertiary/aromatic N) is 4. The van der Waals surface area contributed by atoms with Crippen molar-refractivity contribution in [3.8, 4) is 16.9 Å². The van der Waals surface area contributed by atoms with Crippen molar-refractivity contribution in [1.82, 2.24) is 14.9 Å². The van der Waals surface area contributed by atoms with E-state index in [4.69, 9.17) is 4.74 Å². The molecule has 1 aliphatic carbocycles. The zero-order valence-electron chi connectivity index (χ0n) is 16.3. The van der Waals surface area contributed by atoms with Gasteiger partial charge in [-0.15, -0.1) is 0 Å². The second-order valence-corrected chi connectivity index (χ2v) is 7.23. The van der Waals surface area contributed by atoms with Gasteiger partial charge < -0.3 is 9.64 Å². The zero-order valence-corrected chi connectivity index (χ0v) is 16.3. The second-order valence-electron chi connectivity index (χ2n) is 7.23. The Labute approximate surface area is 170 Å². The number of ether oxygens (including phenoxy) is 1. The van der Waals surface area contributed by atoms with Gasteiger partial charge in [0, 0.05) is 29.9 Å². The van der Waals surface area contributed by atoms with Crippen LogP contribution in [-0.2, 0) is 9.59 Å². The number of alkyl halides is 2. The van der Waals surface area contributed by atoms with Gasteiger partial charge in [-0.2, -0.15) is 0 Å². The monoisotopic (exact) mass is 416 g/mol. The average Bonchev–Trinajstić information content (AvgIpc) is 3.56. The maximum Gasteiger partial charge on any atom is 0.280 e. The second kappa shape index (κ2) is 7.12. The van der Waals surface area contributed by atoms with Gasteiger partial charge in [-0.25, -0.2) is 13.8 Å². The Morgan fingerprint density at radius 2 is 1.90 bits per heavy atom. The molecule has 0 radical (unpaired) electrons. The minimum Gasteiger partial charge on any atom is -0.494 e. The van der Waals surface area contributed by atoms with Crippen molar-refractivity contribution in [2.75, 3.05) is 25.6 Å². The summed E-state index contributed by atoms with van der Waals surface area (Å²) in [6.45, 7) is -0.195. The summed E-state index contributed by atoms with van der Waals surface area (Å²) < 4.78 is 31.6. The van der Waals surface area contributed by atoms with Crippen molar-refractivity contribution in [3.63, 3.8) is 0 Å². The Hall–Kier alpha value is -3.43. The van der Waals surface area contributed by atoms with Gasteiger partial charge in [0.2, 0.25) is 5.91 Å². The van der Waals surface area contributed by atoms with E-state index in [0.717, 1.165) is 12.3 Å². The number of aromatic nitrogens is 2. The third-order valence-corrected chi connectivity index (χ3v) is 5.62. The number of hydrogen-bond donors (Lipinski definition) is 0. The molecule has 2 aromatic rings. The van der Waals surface area contributed by atoms with E-state index in [0.29, 0.717) is 19.1 Å². The molecule has 1 aliphatic heterocycles. The predicted octanol–water partition coefficient (Wildman–Crippen LogP) is 2.24. The van der Waals surface area contributed by atoms with Crippen LogP contribution in [0.25, 0.3) is 11.1 Å². The number of hydrogen-bond acceptors (Lipinski definition) is 6. The molecule has 156 valence electrons. The van der Waals surface area contributed by atoms with Crippen molar-refractivity contribution in [2.24, 2.45) is 0 Å². The largest absolute Gasteiger partial charge is 0.494 e. The number of halogens is 2. The molecule has 2 amide bonds. The number of piperazine rings is 1. The van der Waals surface area contributed by atoms with E-state index in [9.17, 15) is 23.2 Å². The lowest BCUT2D eigenvalue weighted by Gasteiger charge is -2.38. The number of carbonyl (C=O) groups excluding carboxylic acids is 3. The van der Waals surface area contributed by atoms with Crippen molar-refractivity contribution in [2.45, 2.75) is 24.8 Å². The summed E-state index contributed by atoms with van der Waals surface area (Å²) in [6, 6.07) is 2.57. The van der Waals surface area contributed by atoms with E-state index in [1.54, 1.807) is 7.05 Å². The molecule has 30 heavy (non-hydrogen) atoms. The Kier molecular flexibility index (Phi) is 4.71. The Bertz CT molecular complexity index is 1060. The zero-order chi connectivity index (χ0) is 21.6. The first kappa shape index (κ1) is 19.9. The summed E-state index contributed by atoms with van der Waals surface area (Å²) in [5.41, 5.74) is -0.749. The SMILES string of the molecule is COc1cnc(C(F)F)cc1-c1cc(N2CC(=O)N(C)C3(CC3)C2=O)ncc1C=O. The molecule has 2 fully saturated rings. The summed E-state index contributed by atoms with van der Waals surface area (Å²) in [6.07, 6.45) is 1.25. The minimum absolute atomic E-state index is 0.123. The van der Waals surface area contributed by atoms with Gasteiger partial charge >= 0.3 is 0 Å². The Balaban J connectivity index is 1.83. The maximum atomic E-state index is 13.2. The summed E-state index contributed by atoms with van der Waals surface area (Å²) in [5.74, 6) is -0.141. The molecule has 1 spiro atoms. The van der Waals surface area contributed by atoms with E-state index in [1.165, 1.54) is 29.2 Å². The molecule has 0 N–H and O–H groups in total. The lowest BCUT2D eigenvalue weighted by molar-refractivity contribution is -0.143. The molecule has 0 aromatic carbocycles. The van der Waals surface area contributed by atoms with E-state index in [1.807, 2.05) is 0 Å². The lowest BCUT2D eigenvalue weighted by Crippen LogP contribution is -2.60. The molecular weight excluding hydrogens is 398 g/mol. The van der Waals surface area contributed by atoms with Crippen LogP contribution < -0.4 is 9.64 Å². The lowest BCUT2D eigenvalue weighted by atomic mass is 10.0. The van der Waals surface area contributed by atoms with Crippen LogP contribution in [0.15, 0.2) is 24.5 Å². The van der Waals surface area contributed by atoms with Gasteiger partial charge in [-0.3, -0.25) is 24.3 Å². The molecule has 1 saturated carbocycles. The van der Waals surface area contributed by atoms with Gasteiger partial charge in [-0.1, -0.05) is 0 Å². The Morgan fingerprint density at radius 1 is 1.17 bits per heavy atom. The Morgan fingerprint density at radius 3 is 2.50 bits per heavy atom. The molecule has 0 bridgehead atoms. The number of amides is 2. The minimum atomic E-state index is -2.82. The smallest absolute Gasteiger partial charge is 0.280 e. The van der Waals surface area contributed by atoms with Gasteiger partial charge in [-0.05, 0) is 25.0 Å². The van der Waals surface area contributed by atoms with E-state index < -0.39 is 17.7 Å². The molecule has 0 atom stereocenters.